The van der Waals surface area contributed by atoms with Gasteiger partial charge < -0.3 is 13.9 Å². The summed E-state index contributed by atoms with van der Waals surface area (Å²) in [7, 11) is -0.387. The molecule has 2 aromatic heterocycles. The fourth-order valence-corrected chi connectivity index (χ4v) is 3.24. The molecule has 0 unspecified atom stereocenters. The molecule has 0 radical (unpaired) electrons. The van der Waals surface area contributed by atoms with Crippen molar-refractivity contribution < 1.29 is 9.31 Å². The molecule has 25 heavy (non-hydrogen) atoms. The van der Waals surface area contributed by atoms with Gasteiger partial charge in [0.15, 0.2) is 0 Å². The van der Waals surface area contributed by atoms with Crippen molar-refractivity contribution in [3.05, 3.63) is 54.4 Å². The first-order valence-electron chi connectivity index (χ1n) is 8.68. The van der Waals surface area contributed by atoms with Gasteiger partial charge in [-0.05, 0) is 58.4 Å². The van der Waals surface area contributed by atoms with Crippen molar-refractivity contribution in [1.82, 2.24) is 9.55 Å². The molecule has 0 aliphatic carbocycles. The van der Waals surface area contributed by atoms with Crippen LogP contribution in [0.15, 0.2) is 48.8 Å². The molecule has 1 aliphatic rings. The molecular weight excluding hydrogens is 311 g/mol. The van der Waals surface area contributed by atoms with Gasteiger partial charge in [-0.15, -0.1) is 0 Å². The van der Waals surface area contributed by atoms with E-state index in [1.807, 2.05) is 24.4 Å². The number of nitrogens with zero attached hydrogens (tertiary/aromatic N) is 2. The van der Waals surface area contributed by atoms with E-state index in [4.69, 9.17) is 14.3 Å². The monoisotopic (exact) mass is 334 g/mol. The number of fused-ring (bicyclic) bond motifs is 1. The number of hydrogen-bond donors (Lipinski definition) is 0. The van der Waals surface area contributed by atoms with Crippen LogP contribution >= 0.6 is 0 Å². The van der Waals surface area contributed by atoms with Gasteiger partial charge in [0.25, 0.3) is 0 Å². The van der Waals surface area contributed by atoms with E-state index in [9.17, 15) is 0 Å². The van der Waals surface area contributed by atoms with Crippen molar-refractivity contribution >= 4 is 23.6 Å². The van der Waals surface area contributed by atoms with Crippen LogP contribution in [0.1, 0.15) is 33.3 Å². The molecule has 0 spiro atoms. The van der Waals surface area contributed by atoms with E-state index in [-0.39, 0.29) is 18.3 Å². The molecule has 0 saturated carbocycles. The topological polar surface area (TPSA) is 36.3 Å². The Hall–Kier alpha value is -2.11. The van der Waals surface area contributed by atoms with Gasteiger partial charge in [0.2, 0.25) is 0 Å². The minimum atomic E-state index is -0.387. The quantitative estimate of drug-likeness (QED) is 0.672. The zero-order chi connectivity index (χ0) is 17.8. The Balaban J connectivity index is 1.78. The molecule has 3 heterocycles. The molecule has 4 rings (SSSR count). The lowest BCUT2D eigenvalue weighted by Crippen LogP contribution is -2.41. The summed E-state index contributed by atoms with van der Waals surface area (Å²) < 4.78 is 14.5. The summed E-state index contributed by atoms with van der Waals surface area (Å²) in [6, 6.07) is 12.4. The summed E-state index contributed by atoms with van der Waals surface area (Å²) >= 11 is 0. The minimum Gasteiger partial charge on any atom is -0.399 e. The van der Waals surface area contributed by atoms with Crippen molar-refractivity contribution in [2.75, 3.05) is 0 Å². The van der Waals surface area contributed by atoms with Crippen LogP contribution in [0.3, 0.4) is 0 Å². The van der Waals surface area contributed by atoms with Crippen molar-refractivity contribution in [1.29, 1.82) is 0 Å². The second-order valence-electron chi connectivity index (χ2n) is 7.69. The second-order valence-corrected chi connectivity index (χ2v) is 7.69. The summed E-state index contributed by atoms with van der Waals surface area (Å²) in [6.45, 7) is 10.4. The molecule has 1 fully saturated rings. The third-order valence-electron chi connectivity index (χ3n) is 5.56. The van der Waals surface area contributed by atoms with E-state index in [0.29, 0.717) is 0 Å². The highest BCUT2D eigenvalue weighted by Gasteiger charge is 2.52. The lowest BCUT2D eigenvalue weighted by molar-refractivity contribution is 0.00578. The van der Waals surface area contributed by atoms with Crippen LogP contribution in [0.25, 0.3) is 16.7 Å². The molecule has 128 valence electrons. The van der Waals surface area contributed by atoms with E-state index in [1.165, 1.54) is 0 Å². The minimum absolute atomic E-state index is 0.352. The van der Waals surface area contributed by atoms with Gasteiger partial charge in [0.05, 0.1) is 11.2 Å². The molecule has 1 aliphatic heterocycles. The zero-order valence-electron chi connectivity index (χ0n) is 15.4. The van der Waals surface area contributed by atoms with Crippen LogP contribution in [0.4, 0.5) is 0 Å². The summed E-state index contributed by atoms with van der Waals surface area (Å²) in [5.41, 5.74) is 3.50. The maximum absolute atomic E-state index is 6.20. The van der Waals surface area contributed by atoms with Gasteiger partial charge in [-0.2, -0.15) is 0 Å². The first kappa shape index (κ1) is 16.4. The molecule has 5 heteroatoms. The molecule has 1 saturated heterocycles. The smallest absolute Gasteiger partial charge is 0.399 e. The number of pyridine rings is 1. The van der Waals surface area contributed by atoms with E-state index in [0.717, 1.165) is 27.7 Å². The van der Waals surface area contributed by atoms with E-state index < -0.39 is 0 Å². The Morgan fingerprint density at radius 2 is 1.60 bits per heavy atom. The maximum atomic E-state index is 6.20. The highest BCUT2D eigenvalue weighted by atomic mass is 16.7. The van der Waals surface area contributed by atoms with Gasteiger partial charge in [0.1, 0.15) is 5.65 Å². The van der Waals surface area contributed by atoms with Crippen molar-refractivity contribution in [3.63, 3.8) is 0 Å². The Morgan fingerprint density at radius 1 is 0.960 bits per heavy atom. The Labute approximate surface area is 148 Å². The van der Waals surface area contributed by atoms with Crippen LogP contribution in [0.5, 0.6) is 0 Å². The Kier molecular flexibility index (Phi) is 3.57. The number of hydrogen-bond acceptors (Lipinski definition) is 3. The van der Waals surface area contributed by atoms with Crippen LogP contribution in [0, 0.1) is 6.92 Å². The van der Waals surface area contributed by atoms with Gasteiger partial charge in [-0.3, -0.25) is 0 Å². The summed E-state index contributed by atoms with van der Waals surface area (Å²) in [5, 5.41) is 1.12. The van der Waals surface area contributed by atoms with Crippen LogP contribution in [-0.4, -0.2) is 27.9 Å². The molecule has 0 N–H and O–H groups in total. The molecule has 4 nitrogen and oxygen atoms in total. The van der Waals surface area contributed by atoms with Gasteiger partial charge in [-0.25, -0.2) is 4.98 Å². The number of benzene rings is 1. The fourth-order valence-electron chi connectivity index (χ4n) is 3.24. The fraction of sp³-hybridized carbons (Fsp3) is 0.350. The average Bonchev–Trinajstić information content (AvgIpc) is 3.08. The molecule has 1 aromatic carbocycles. The second kappa shape index (κ2) is 5.45. The SMILES string of the molecule is Cc1c(B2OC(C)(C)C(C)(C)O2)cnc2c1ccn2-c1ccccc1. The standard InChI is InChI=1S/C20H23BN2O2/c1-14-16-11-12-23(15-9-7-6-8-10-15)18(16)22-13-17(14)21-24-19(2,3)20(4,5)25-21/h6-13H,1-5H3. The summed E-state index contributed by atoms with van der Waals surface area (Å²) in [4.78, 5) is 4.72. The van der Waals surface area contributed by atoms with Gasteiger partial charge in [0, 0.05) is 28.9 Å². The van der Waals surface area contributed by atoms with E-state index >= 15 is 0 Å². The van der Waals surface area contributed by atoms with Crippen LogP contribution in [-0.2, 0) is 9.31 Å². The van der Waals surface area contributed by atoms with Gasteiger partial charge in [-0.1, -0.05) is 18.2 Å². The van der Waals surface area contributed by atoms with Crippen molar-refractivity contribution in [3.8, 4) is 5.69 Å². The number of para-hydroxylation sites is 1. The van der Waals surface area contributed by atoms with Crippen molar-refractivity contribution in [2.45, 2.75) is 45.8 Å². The van der Waals surface area contributed by atoms with E-state index in [1.54, 1.807) is 0 Å². The summed E-state index contributed by atoms with van der Waals surface area (Å²) in [5.74, 6) is 0. The first-order chi connectivity index (χ1) is 11.8. The predicted octanol–water partition coefficient (Wildman–Crippen LogP) is 3.63. The lowest BCUT2D eigenvalue weighted by Gasteiger charge is -2.32. The maximum Gasteiger partial charge on any atom is 0.496 e. The largest absolute Gasteiger partial charge is 0.496 e. The molecule has 0 bridgehead atoms. The zero-order valence-corrected chi connectivity index (χ0v) is 15.4. The molecule has 0 atom stereocenters. The normalized spacial score (nSPS) is 18.8. The first-order valence-corrected chi connectivity index (χ1v) is 8.68. The number of rotatable bonds is 2. The van der Waals surface area contributed by atoms with Crippen LogP contribution < -0.4 is 5.46 Å². The summed E-state index contributed by atoms with van der Waals surface area (Å²) in [6.07, 6.45) is 3.95. The number of aromatic nitrogens is 2. The Bertz CT molecular complexity index is 916. The highest BCUT2D eigenvalue weighted by Crippen LogP contribution is 2.37. The molecule has 3 aromatic rings. The molecular formula is C20H23BN2O2. The lowest BCUT2D eigenvalue weighted by atomic mass is 9.77. The van der Waals surface area contributed by atoms with E-state index in [2.05, 4.69) is 63.6 Å². The average molecular weight is 334 g/mol. The third-order valence-corrected chi connectivity index (χ3v) is 5.56. The predicted molar refractivity (Wildman–Crippen MR) is 102 cm³/mol. The van der Waals surface area contributed by atoms with Crippen molar-refractivity contribution in [2.24, 2.45) is 0 Å². The number of aryl methyl sites for hydroxylation is 1. The third kappa shape index (κ3) is 2.50. The van der Waals surface area contributed by atoms with Crippen LogP contribution in [0.2, 0.25) is 0 Å². The molecule has 0 amide bonds. The highest BCUT2D eigenvalue weighted by molar-refractivity contribution is 6.62. The Morgan fingerprint density at radius 3 is 2.24 bits per heavy atom. The van der Waals surface area contributed by atoms with Gasteiger partial charge >= 0.3 is 7.12 Å².